The Kier molecular flexibility index (Phi) is 2.03. The third-order valence-corrected chi connectivity index (χ3v) is 3.05. The quantitative estimate of drug-likeness (QED) is 0.676. The van der Waals surface area contributed by atoms with Crippen LogP contribution in [-0.4, -0.2) is 18.8 Å². The molecular weight excluding hydrogens is 176 g/mol. The van der Waals surface area contributed by atoms with Gasteiger partial charge in [0.2, 0.25) is 0 Å². The first-order valence-corrected chi connectivity index (χ1v) is 5.24. The summed E-state index contributed by atoms with van der Waals surface area (Å²) in [6.45, 7) is 0.786. The second-order valence-corrected chi connectivity index (χ2v) is 4.08. The molecule has 1 aromatic rings. The first kappa shape index (κ1) is 8.45. The van der Waals surface area contributed by atoms with Gasteiger partial charge in [-0.15, -0.1) is 0 Å². The lowest BCUT2D eigenvalue weighted by atomic mass is 9.98. The Hall–Kier alpha value is -0.860. The Labute approximate surface area is 83.8 Å². The molecular formula is C12H14O2. The highest BCUT2D eigenvalue weighted by molar-refractivity contribution is 5.18. The summed E-state index contributed by atoms with van der Waals surface area (Å²) in [4.78, 5) is 0. The van der Waals surface area contributed by atoms with Gasteiger partial charge in [-0.1, -0.05) is 30.3 Å². The Morgan fingerprint density at radius 3 is 2.64 bits per heavy atom. The molecule has 2 nitrogen and oxygen atoms in total. The van der Waals surface area contributed by atoms with Crippen LogP contribution in [0, 0.1) is 0 Å². The number of fused-ring (bicyclic) bond motifs is 2. The minimum Gasteiger partial charge on any atom is -0.375 e. The second kappa shape index (κ2) is 3.37. The van der Waals surface area contributed by atoms with Crippen LogP contribution in [0.2, 0.25) is 0 Å². The van der Waals surface area contributed by atoms with Gasteiger partial charge in [0, 0.05) is 12.8 Å². The Bertz CT molecular complexity index is 297. The molecule has 3 rings (SSSR count). The normalized spacial score (nSPS) is 35.9. The summed E-state index contributed by atoms with van der Waals surface area (Å²) in [5.74, 6) is 0. The topological polar surface area (TPSA) is 18.5 Å². The fourth-order valence-electron chi connectivity index (χ4n) is 2.34. The number of hydrogen-bond acceptors (Lipinski definition) is 2. The molecule has 2 saturated heterocycles. The van der Waals surface area contributed by atoms with Gasteiger partial charge in [-0.25, -0.2) is 0 Å². The van der Waals surface area contributed by atoms with Gasteiger partial charge in [0.25, 0.3) is 0 Å². The lowest BCUT2D eigenvalue weighted by Crippen LogP contribution is -2.24. The molecule has 0 N–H and O–H groups in total. The zero-order chi connectivity index (χ0) is 9.38. The maximum atomic E-state index is 5.94. The van der Waals surface area contributed by atoms with Crippen molar-refractivity contribution in [3.05, 3.63) is 35.9 Å². The number of hydrogen-bond donors (Lipinski definition) is 0. The predicted molar refractivity (Wildman–Crippen MR) is 53.0 cm³/mol. The third-order valence-electron chi connectivity index (χ3n) is 3.05. The van der Waals surface area contributed by atoms with Crippen LogP contribution in [0.1, 0.15) is 24.5 Å². The molecule has 2 bridgehead atoms. The van der Waals surface area contributed by atoms with E-state index in [0.29, 0.717) is 12.2 Å². The average molecular weight is 190 g/mol. The zero-order valence-corrected chi connectivity index (χ0v) is 8.06. The van der Waals surface area contributed by atoms with Gasteiger partial charge in [0.05, 0.1) is 24.9 Å². The lowest BCUT2D eigenvalue weighted by Gasteiger charge is -2.27. The summed E-state index contributed by atoms with van der Waals surface area (Å²) in [7, 11) is 0. The van der Waals surface area contributed by atoms with Gasteiger partial charge in [0.15, 0.2) is 0 Å². The molecule has 0 aliphatic carbocycles. The van der Waals surface area contributed by atoms with Gasteiger partial charge in [-0.2, -0.15) is 0 Å². The van der Waals surface area contributed by atoms with Crippen molar-refractivity contribution in [1.29, 1.82) is 0 Å². The van der Waals surface area contributed by atoms with E-state index in [1.54, 1.807) is 0 Å². The molecule has 74 valence electrons. The van der Waals surface area contributed by atoms with Gasteiger partial charge < -0.3 is 9.47 Å². The summed E-state index contributed by atoms with van der Waals surface area (Å²) in [5.41, 5.74) is 1.28. The van der Waals surface area contributed by atoms with E-state index in [1.165, 1.54) is 5.56 Å². The highest BCUT2D eigenvalue weighted by Crippen LogP contribution is 2.36. The molecule has 1 aromatic carbocycles. The van der Waals surface area contributed by atoms with E-state index in [-0.39, 0.29) is 6.10 Å². The molecule has 0 aromatic heterocycles. The molecule has 0 spiro atoms. The summed E-state index contributed by atoms with van der Waals surface area (Å²) in [5, 5.41) is 0. The molecule has 2 heterocycles. The van der Waals surface area contributed by atoms with E-state index in [4.69, 9.17) is 9.47 Å². The van der Waals surface area contributed by atoms with Crippen LogP contribution in [0.15, 0.2) is 30.3 Å². The van der Waals surface area contributed by atoms with Gasteiger partial charge in [0.1, 0.15) is 0 Å². The predicted octanol–water partition coefficient (Wildman–Crippen LogP) is 2.31. The molecule has 0 radical (unpaired) electrons. The highest BCUT2D eigenvalue weighted by atomic mass is 16.6. The van der Waals surface area contributed by atoms with E-state index >= 15 is 0 Å². The third kappa shape index (κ3) is 1.45. The highest BCUT2D eigenvalue weighted by Gasteiger charge is 2.36. The minimum absolute atomic E-state index is 0.252. The van der Waals surface area contributed by atoms with E-state index in [9.17, 15) is 0 Å². The van der Waals surface area contributed by atoms with Crippen molar-refractivity contribution >= 4 is 0 Å². The Balaban J connectivity index is 1.81. The van der Waals surface area contributed by atoms with E-state index < -0.39 is 0 Å². The van der Waals surface area contributed by atoms with Crippen molar-refractivity contribution in [2.24, 2.45) is 0 Å². The first-order chi connectivity index (χ1) is 6.92. The number of benzene rings is 1. The van der Waals surface area contributed by atoms with Crippen molar-refractivity contribution < 1.29 is 9.47 Å². The van der Waals surface area contributed by atoms with Crippen molar-refractivity contribution in [3.63, 3.8) is 0 Å². The second-order valence-electron chi connectivity index (χ2n) is 4.08. The molecule has 0 unspecified atom stereocenters. The molecule has 2 aliphatic heterocycles. The Morgan fingerprint density at radius 2 is 1.86 bits per heavy atom. The zero-order valence-electron chi connectivity index (χ0n) is 8.06. The fraction of sp³-hybridized carbons (Fsp3) is 0.500. The molecule has 2 aliphatic rings. The molecule has 3 atom stereocenters. The molecule has 14 heavy (non-hydrogen) atoms. The minimum atomic E-state index is 0.252. The maximum Gasteiger partial charge on any atom is 0.0854 e. The van der Waals surface area contributed by atoms with Gasteiger partial charge >= 0.3 is 0 Å². The van der Waals surface area contributed by atoms with Crippen molar-refractivity contribution in [2.75, 3.05) is 6.61 Å². The van der Waals surface area contributed by atoms with Gasteiger partial charge in [-0.3, -0.25) is 0 Å². The molecule has 2 fully saturated rings. The Morgan fingerprint density at radius 1 is 1.00 bits per heavy atom. The van der Waals surface area contributed by atoms with Crippen LogP contribution in [0.3, 0.4) is 0 Å². The SMILES string of the molecule is c1ccc([C@@H]2C[C@@H]3C[C@@H](CO3)O2)cc1. The van der Waals surface area contributed by atoms with Crippen LogP contribution in [0.25, 0.3) is 0 Å². The monoisotopic (exact) mass is 190 g/mol. The van der Waals surface area contributed by atoms with Crippen molar-refractivity contribution in [2.45, 2.75) is 31.2 Å². The first-order valence-electron chi connectivity index (χ1n) is 5.24. The lowest BCUT2D eigenvalue weighted by molar-refractivity contribution is -0.0313. The van der Waals surface area contributed by atoms with E-state index in [1.807, 2.05) is 6.07 Å². The fourth-order valence-corrected chi connectivity index (χ4v) is 2.34. The van der Waals surface area contributed by atoms with Crippen LogP contribution in [0.5, 0.6) is 0 Å². The van der Waals surface area contributed by atoms with Crippen LogP contribution < -0.4 is 0 Å². The van der Waals surface area contributed by atoms with Crippen LogP contribution in [-0.2, 0) is 9.47 Å². The van der Waals surface area contributed by atoms with Crippen LogP contribution >= 0.6 is 0 Å². The van der Waals surface area contributed by atoms with E-state index in [2.05, 4.69) is 24.3 Å². The summed E-state index contributed by atoms with van der Waals surface area (Å²) >= 11 is 0. The van der Waals surface area contributed by atoms with Gasteiger partial charge in [-0.05, 0) is 5.56 Å². The summed E-state index contributed by atoms with van der Waals surface area (Å²) in [6, 6.07) is 10.4. The van der Waals surface area contributed by atoms with Crippen molar-refractivity contribution in [3.8, 4) is 0 Å². The molecule has 0 saturated carbocycles. The average Bonchev–Trinajstić information content (AvgIpc) is 2.59. The van der Waals surface area contributed by atoms with Crippen LogP contribution in [0.4, 0.5) is 0 Å². The number of ether oxygens (including phenoxy) is 2. The molecule has 0 amide bonds. The smallest absolute Gasteiger partial charge is 0.0854 e. The van der Waals surface area contributed by atoms with E-state index in [0.717, 1.165) is 19.4 Å². The maximum absolute atomic E-state index is 5.94. The summed E-state index contributed by atoms with van der Waals surface area (Å²) in [6.07, 6.45) is 3.12. The summed E-state index contributed by atoms with van der Waals surface area (Å²) < 4.78 is 11.5. The largest absolute Gasteiger partial charge is 0.375 e. The number of rotatable bonds is 1. The standard InChI is InChI=1S/C12H14O2/c1-2-4-9(5-3-1)12-7-10-6-11(14-12)8-13-10/h1-5,10-12H,6-8H2/t10-,11-,12-/m0/s1. The van der Waals surface area contributed by atoms with Crippen molar-refractivity contribution in [1.82, 2.24) is 0 Å². The molecule has 2 heteroatoms.